The maximum atomic E-state index is 13.5. The summed E-state index contributed by atoms with van der Waals surface area (Å²) in [6.45, 7) is 3.38. The van der Waals surface area contributed by atoms with Crippen LogP contribution in [0.3, 0.4) is 0 Å². The van der Waals surface area contributed by atoms with E-state index < -0.39 is 6.36 Å². The number of fused-ring (bicyclic) bond motifs is 1. The Balaban J connectivity index is 1.13. The number of aromatic nitrogens is 2. The van der Waals surface area contributed by atoms with Crippen LogP contribution < -0.4 is 31.6 Å². The second kappa shape index (κ2) is 15.6. The van der Waals surface area contributed by atoms with Gasteiger partial charge in [0.15, 0.2) is 0 Å². The molecule has 0 unspecified atom stereocenters. The van der Waals surface area contributed by atoms with Crippen molar-refractivity contribution in [2.75, 3.05) is 13.1 Å². The number of rotatable bonds is 12. The van der Waals surface area contributed by atoms with Crippen LogP contribution >= 0.6 is 11.6 Å². The van der Waals surface area contributed by atoms with Gasteiger partial charge in [-0.3, -0.25) is 18.8 Å². The molecule has 0 aliphatic carbocycles. The van der Waals surface area contributed by atoms with Crippen LogP contribution in [0.2, 0.25) is 5.02 Å². The third kappa shape index (κ3) is 8.28. The molecule has 0 saturated carbocycles. The Kier molecular flexibility index (Phi) is 10.7. The van der Waals surface area contributed by atoms with Crippen molar-refractivity contribution in [1.29, 1.82) is 0 Å². The Morgan fingerprint density at radius 2 is 1.43 bits per heavy atom. The van der Waals surface area contributed by atoms with Crippen LogP contribution in [0, 0.1) is 6.92 Å². The van der Waals surface area contributed by atoms with Crippen LogP contribution in [-0.2, 0) is 22.7 Å². The highest BCUT2D eigenvalue weighted by Crippen LogP contribution is 2.41. The number of pyridine rings is 1. The van der Waals surface area contributed by atoms with E-state index in [2.05, 4.69) is 31.0 Å². The molecular formula is C40H38ClF3N6O4. The molecule has 0 bridgehead atoms. The highest BCUT2D eigenvalue weighted by Gasteiger charge is 2.32. The number of halogens is 4. The van der Waals surface area contributed by atoms with E-state index in [1.807, 2.05) is 43.3 Å². The number of hydrogen-bond acceptors (Lipinski definition) is 7. The number of nitrogens with zero attached hydrogens (tertiary/aromatic N) is 2. The predicted molar refractivity (Wildman–Crippen MR) is 200 cm³/mol. The first-order chi connectivity index (χ1) is 25.9. The number of ether oxygens (including phenoxy) is 1. The van der Waals surface area contributed by atoms with Crippen LogP contribution in [0.25, 0.3) is 39.0 Å². The van der Waals surface area contributed by atoms with Gasteiger partial charge >= 0.3 is 6.36 Å². The number of carbonyl (C=O) groups is 2. The van der Waals surface area contributed by atoms with Crippen molar-refractivity contribution >= 4 is 29.1 Å². The van der Waals surface area contributed by atoms with Gasteiger partial charge in [-0.2, -0.15) is 0 Å². The number of benzene rings is 3. The van der Waals surface area contributed by atoms with E-state index in [0.29, 0.717) is 77.4 Å². The molecule has 2 fully saturated rings. The van der Waals surface area contributed by atoms with Gasteiger partial charge in [-0.25, -0.2) is 4.98 Å². The molecule has 2 saturated heterocycles. The second-order valence-electron chi connectivity index (χ2n) is 13.6. The minimum Gasteiger partial charge on any atom is -0.405 e. The summed E-state index contributed by atoms with van der Waals surface area (Å²) in [5, 5.41) is 12.5. The molecule has 5 aromatic rings. The fourth-order valence-electron chi connectivity index (χ4n) is 7.12. The first-order valence-corrected chi connectivity index (χ1v) is 18.1. The van der Waals surface area contributed by atoms with Gasteiger partial charge in [0.05, 0.1) is 5.02 Å². The zero-order valence-corrected chi connectivity index (χ0v) is 30.1. The molecule has 0 radical (unpaired) electrons. The number of nitrogens with one attached hydrogen (secondary N) is 4. The van der Waals surface area contributed by atoms with Gasteiger partial charge < -0.3 is 26.0 Å². The summed E-state index contributed by atoms with van der Waals surface area (Å²) < 4.78 is 46.6. The van der Waals surface area contributed by atoms with E-state index in [1.165, 1.54) is 10.5 Å². The van der Waals surface area contributed by atoms with Gasteiger partial charge in [-0.1, -0.05) is 60.1 Å². The lowest BCUT2D eigenvalue weighted by Gasteiger charge is -2.18. The smallest absolute Gasteiger partial charge is 0.405 e. The molecule has 2 aliphatic rings. The van der Waals surface area contributed by atoms with Crippen molar-refractivity contribution in [3.05, 3.63) is 111 Å². The largest absolute Gasteiger partial charge is 0.573 e. The molecule has 2 amide bonds. The van der Waals surface area contributed by atoms with Crippen LogP contribution in [0.1, 0.15) is 42.4 Å². The number of amides is 2. The number of alkyl halides is 3. The lowest BCUT2D eigenvalue weighted by atomic mass is 9.91. The van der Waals surface area contributed by atoms with Crippen LogP contribution in [-0.4, -0.2) is 52.7 Å². The summed E-state index contributed by atoms with van der Waals surface area (Å²) in [6, 6.07) is 19.6. The van der Waals surface area contributed by atoms with Crippen molar-refractivity contribution in [3.63, 3.8) is 0 Å². The van der Waals surface area contributed by atoms with Crippen molar-refractivity contribution in [1.82, 2.24) is 30.7 Å². The Labute approximate surface area is 314 Å². The predicted octanol–water partition coefficient (Wildman–Crippen LogP) is 6.29. The maximum absolute atomic E-state index is 13.5. The molecule has 0 spiro atoms. The van der Waals surface area contributed by atoms with Crippen LogP contribution in [0.15, 0.2) is 83.9 Å². The topological polar surface area (TPSA) is 126 Å². The van der Waals surface area contributed by atoms with Gasteiger partial charge in [-0.15, -0.1) is 13.2 Å². The van der Waals surface area contributed by atoms with Gasteiger partial charge in [0.1, 0.15) is 11.4 Å². The molecule has 4 heterocycles. The molecule has 2 atom stereocenters. The summed E-state index contributed by atoms with van der Waals surface area (Å²) in [4.78, 5) is 40.8. The Morgan fingerprint density at radius 3 is 2.07 bits per heavy atom. The zero-order chi connectivity index (χ0) is 38.0. The second-order valence-corrected chi connectivity index (χ2v) is 14.0. The average Bonchev–Trinajstić information content (AvgIpc) is 3.76. The SMILES string of the molecule is Cc1c(-c2ccn3c(=O)c(CNC[C@H]4CCC(=O)N4)cnc3c2)cccc1-c1cccc(-c2ccc(CNC[C@@H]3CCC(=O)N3)c(OC(F)(F)F)c2)c1Cl. The summed E-state index contributed by atoms with van der Waals surface area (Å²) in [5.74, 6) is -0.335. The molecule has 3 aromatic carbocycles. The van der Waals surface area contributed by atoms with E-state index in [1.54, 1.807) is 36.7 Å². The van der Waals surface area contributed by atoms with E-state index in [9.17, 15) is 27.6 Å². The Hall–Kier alpha value is -5.24. The monoisotopic (exact) mass is 758 g/mol. The minimum absolute atomic E-state index is 0.0370. The summed E-state index contributed by atoms with van der Waals surface area (Å²) in [6.07, 6.45) is 0.744. The van der Waals surface area contributed by atoms with Gasteiger partial charge in [0.25, 0.3) is 5.56 Å². The minimum atomic E-state index is -4.91. The molecular weight excluding hydrogens is 721 g/mol. The fraction of sp³-hybridized carbons (Fsp3) is 0.300. The lowest BCUT2D eigenvalue weighted by Crippen LogP contribution is -2.36. The average molecular weight is 759 g/mol. The van der Waals surface area contributed by atoms with Crippen LogP contribution in [0.5, 0.6) is 5.75 Å². The molecule has 14 heteroatoms. The van der Waals surface area contributed by atoms with Gasteiger partial charge in [0.2, 0.25) is 11.8 Å². The lowest BCUT2D eigenvalue weighted by molar-refractivity contribution is -0.274. The zero-order valence-electron chi connectivity index (χ0n) is 29.4. The maximum Gasteiger partial charge on any atom is 0.573 e. The first-order valence-electron chi connectivity index (χ1n) is 17.7. The van der Waals surface area contributed by atoms with Crippen LogP contribution in [0.4, 0.5) is 13.2 Å². The quantitative estimate of drug-likeness (QED) is 0.118. The highest BCUT2D eigenvalue weighted by molar-refractivity contribution is 6.36. The van der Waals surface area contributed by atoms with Gasteiger partial charge in [0, 0.05) is 85.8 Å². The standard InChI is InChI=1S/C40H38ClF3N6O4/c1-23-30(25-14-15-50-35(17-25)47-20-27(39(50)53)19-46-22-29-11-13-37(52)49-29)4-2-5-31(23)33-7-3-6-32(38(33)41)24-8-9-26(34(16-24)54-40(42,43)44)18-45-21-28-10-12-36(51)48-28/h2-9,14-17,20,28-29,45-46H,10-13,18-19,21-22H2,1H3,(H,48,51)(H,49,52)/t28-,29+/m0/s1. The Morgan fingerprint density at radius 1 is 0.815 bits per heavy atom. The molecule has 54 heavy (non-hydrogen) atoms. The summed E-state index contributed by atoms with van der Waals surface area (Å²) in [5.41, 5.74) is 6.27. The van der Waals surface area contributed by atoms with Crippen molar-refractivity contribution in [2.24, 2.45) is 0 Å². The number of carbonyl (C=O) groups excluding carboxylic acids is 2. The molecule has 2 aliphatic heterocycles. The molecule has 10 nitrogen and oxygen atoms in total. The van der Waals surface area contributed by atoms with E-state index in [0.717, 1.165) is 28.7 Å². The molecule has 7 rings (SSSR count). The van der Waals surface area contributed by atoms with Crippen molar-refractivity contribution in [3.8, 4) is 39.1 Å². The van der Waals surface area contributed by atoms with E-state index in [4.69, 9.17) is 11.6 Å². The van der Waals surface area contributed by atoms with Gasteiger partial charge in [-0.05, 0) is 65.8 Å². The summed E-state index contributed by atoms with van der Waals surface area (Å²) >= 11 is 7.05. The fourth-order valence-corrected chi connectivity index (χ4v) is 7.45. The summed E-state index contributed by atoms with van der Waals surface area (Å²) in [7, 11) is 0. The molecule has 2 aromatic heterocycles. The van der Waals surface area contributed by atoms with Crippen molar-refractivity contribution < 1.29 is 27.5 Å². The van der Waals surface area contributed by atoms with E-state index >= 15 is 0 Å². The third-order valence-corrected chi connectivity index (χ3v) is 10.3. The molecule has 4 N–H and O–H groups in total. The highest BCUT2D eigenvalue weighted by atomic mass is 35.5. The van der Waals surface area contributed by atoms with Crippen molar-refractivity contribution in [2.45, 2.75) is 64.1 Å². The molecule has 280 valence electrons. The van der Waals surface area contributed by atoms with E-state index in [-0.39, 0.29) is 41.8 Å². The Bertz CT molecular complexity index is 2300. The normalized spacial score (nSPS) is 17.2. The number of hydrogen-bond donors (Lipinski definition) is 4. The first kappa shape index (κ1) is 37.1. The third-order valence-electron chi connectivity index (χ3n) is 9.90.